The van der Waals surface area contributed by atoms with Gasteiger partial charge in [0, 0.05) is 24.6 Å². The summed E-state index contributed by atoms with van der Waals surface area (Å²) < 4.78 is 40.9. The summed E-state index contributed by atoms with van der Waals surface area (Å²) in [5, 5.41) is 13.5. The summed E-state index contributed by atoms with van der Waals surface area (Å²) in [6, 6.07) is 5.80. The van der Waals surface area contributed by atoms with E-state index in [1.165, 1.54) is 15.9 Å². The van der Waals surface area contributed by atoms with Crippen LogP contribution in [0.4, 0.5) is 13.2 Å². The molecule has 10 heteroatoms. The molecular weight excluding hydrogens is 411 g/mol. The van der Waals surface area contributed by atoms with Gasteiger partial charge < -0.3 is 9.80 Å². The number of carbonyl (C=O) groups is 2. The van der Waals surface area contributed by atoms with Crippen LogP contribution in [0.15, 0.2) is 24.3 Å². The Hall–Kier alpha value is -3.35. The first-order chi connectivity index (χ1) is 14.6. The molecule has 4 rings (SSSR count). The summed E-state index contributed by atoms with van der Waals surface area (Å²) in [5.74, 6) is -1.01. The minimum atomic E-state index is -4.47. The highest BCUT2D eigenvalue weighted by atomic mass is 19.4. The van der Waals surface area contributed by atoms with Crippen LogP contribution in [0.3, 0.4) is 0 Å². The predicted molar refractivity (Wildman–Crippen MR) is 102 cm³/mol. The predicted octanol–water partition coefficient (Wildman–Crippen LogP) is 2.92. The Morgan fingerprint density at radius 3 is 2.74 bits per heavy atom. The Morgan fingerprint density at radius 1 is 1.32 bits per heavy atom. The number of hydrogen-bond acceptors (Lipinski definition) is 4. The van der Waals surface area contributed by atoms with Crippen LogP contribution in [0, 0.1) is 11.3 Å². The number of amides is 2. The normalized spacial score (nSPS) is 19.5. The van der Waals surface area contributed by atoms with Crippen LogP contribution in [0.1, 0.15) is 52.8 Å². The van der Waals surface area contributed by atoms with E-state index in [0.717, 1.165) is 12.1 Å². The van der Waals surface area contributed by atoms with E-state index in [2.05, 4.69) is 5.10 Å². The number of fused-ring (bicyclic) bond motifs is 3. The maximum Gasteiger partial charge on any atom is 0.416 e. The Kier molecular flexibility index (Phi) is 5.00. The summed E-state index contributed by atoms with van der Waals surface area (Å²) in [5.41, 5.74) is 1.28. The number of benzene rings is 1. The Bertz CT molecular complexity index is 1100. The van der Waals surface area contributed by atoms with Crippen LogP contribution in [-0.4, -0.2) is 44.0 Å². The maximum atomic E-state index is 13.3. The molecular formula is C21H20F3N5O2. The van der Waals surface area contributed by atoms with Crippen molar-refractivity contribution in [3.8, 4) is 6.07 Å². The molecule has 0 radical (unpaired) electrons. The van der Waals surface area contributed by atoms with Gasteiger partial charge in [-0.2, -0.15) is 23.5 Å². The molecule has 0 saturated heterocycles. The Labute approximate surface area is 176 Å². The molecule has 2 atom stereocenters. The highest BCUT2D eigenvalue weighted by Crippen LogP contribution is 2.34. The molecule has 7 nitrogen and oxygen atoms in total. The zero-order chi connectivity index (χ0) is 22.5. The van der Waals surface area contributed by atoms with E-state index in [-0.39, 0.29) is 18.5 Å². The number of rotatable bonds is 2. The lowest BCUT2D eigenvalue weighted by molar-refractivity contribution is -0.137. The van der Waals surface area contributed by atoms with Gasteiger partial charge in [0.05, 0.1) is 30.4 Å². The fourth-order valence-corrected chi connectivity index (χ4v) is 4.30. The zero-order valence-corrected chi connectivity index (χ0v) is 17.0. The van der Waals surface area contributed by atoms with E-state index in [9.17, 15) is 22.8 Å². The molecule has 0 fully saturated rings. The van der Waals surface area contributed by atoms with Crippen molar-refractivity contribution in [1.82, 2.24) is 19.6 Å². The van der Waals surface area contributed by atoms with Gasteiger partial charge in [-0.05, 0) is 31.5 Å². The summed E-state index contributed by atoms with van der Waals surface area (Å²) in [6.07, 6.45) is -4.04. The van der Waals surface area contributed by atoms with Crippen LogP contribution in [0.2, 0.25) is 0 Å². The number of nitrogens with zero attached hydrogens (tertiary/aromatic N) is 5. The molecule has 0 bridgehead atoms. The minimum absolute atomic E-state index is 0.107. The van der Waals surface area contributed by atoms with Crippen LogP contribution < -0.4 is 0 Å². The van der Waals surface area contributed by atoms with Gasteiger partial charge in [-0.25, -0.2) is 0 Å². The lowest BCUT2D eigenvalue weighted by Crippen LogP contribution is -2.44. The van der Waals surface area contributed by atoms with Crippen molar-refractivity contribution in [2.75, 3.05) is 6.54 Å². The largest absolute Gasteiger partial charge is 0.416 e. The van der Waals surface area contributed by atoms with E-state index >= 15 is 0 Å². The average Bonchev–Trinajstić information content (AvgIpc) is 3.09. The first-order valence-electron chi connectivity index (χ1n) is 9.89. The number of hydrogen-bond donors (Lipinski definition) is 0. The smallest absolute Gasteiger partial charge is 0.329 e. The van der Waals surface area contributed by atoms with Crippen molar-refractivity contribution in [2.24, 2.45) is 0 Å². The maximum absolute atomic E-state index is 13.3. The summed E-state index contributed by atoms with van der Waals surface area (Å²) >= 11 is 0. The number of alkyl halides is 3. The summed E-state index contributed by atoms with van der Waals surface area (Å²) in [4.78, 5) is 28.3. The zero-order valence-electron chi connectivity index (χ0n) is 17.0. The third-order valence-corrected chi connectivity index (χ3v) is 6.02. The topological polar surface area (TPSA) is 82.2 Å². The van der Waals surface area contributed by atoms with Crippen molar-refractivity contribution in [2.45, 2.75) is 51.6 Å². The van der Waals surface area contributed by atoms with Gasteiger partial charge in [-0.15, -0.1) is 0 Å². The van der Waals surface area contributed by atoms with Gasteiger partial charge in [0.1, 0.15) is 5.69 Å². The number of aromatic nitrogens is 2. The second-order valence-electron chi connectivity index (χ2n) is 7.89. The van der Waals surface area contributed by atoms with E-state index in [1.807, 2.05) is 6.92 Å². The molecule has 0 unspecified atom stereocenters. The van der Waals surface area contributed by atoms with Crippen molar-refractivity contribution >= 4 is 11.8 Å². The highest BCUT2D eigenvalue weighted by Gasteiger charge is 2.38. The molecule has 0 aliphatic carbocycles. The van der Waals surface area contributed by atoms with E-state index < -0.39 is 23.7 Å². The molecule has 2 amide bonds. The average molecular weight is 431 g/mol. The van der Waals surface area contributed by atoms with Crippen molar-refractivity contribution in [1.29, 1.82) is 5.26 Å². The van der Waals surface area contributed by atoms with E-state index in [1.54, 1.807) is 23.7 Å². The lowest BCUT2D eigenvalue weighted by Gasteiger charge is -2.35. The van der Waals surface area contributed by atoms with Gasteiger partial charge in [0.15, 0.2) is 6.07 Å². The lowest BCUT2D eigenvalue weighted by atomic mass is 9.97. The van der Waals surface area contributed by atoms with Crippen LogP contribution in [-0.2, 0) is 30.5 Å². The molecule has 1 aromatic carbocycles. The molecule has 2 aliphatic heterocycles. The van der Waals surface area contributed by atoms with Gasteiger partial charge in [0.25, 0.3) is 5.91 Å². The SMILES string of the molecule is C[C@@H]1Cc2nn3c(c2CN1C(=O)C#N)C(=O)N([C@@H](C)c1cccc(C(F)(F)F)c1)CC3. The van der Waals surface area contributed by atoms with Gasteiger partial charge >= 0.3 is 12.1 Å². The molecule has 162 valence electrons. The van der Waals surface area contributed by atoms with E-state index in [0.29, 0.717) is 42.0 Å². The van der Waals surface area contributed by atoms with Crippen molar-refractivity contribution in [3.05, 3.63) is 52.3 Å². The van der Waals surface area contributed by atoms with Crippen molar-refractivity contribution in [3.63, 3.8) is 0 Å². The van der Waals surface area contributed by atoms with Gasteiger partial charge in [0.2, 0.25) is 0 Å². The van der Waals surface area contributed by atoms with Crippen LogP contribution >= 0.6 is 0 Å². The Morgan fingerprint density at radius 2 is 2.06 bits per heavy atom. The highest BCUT2D eigenvalue weighted by molar-refractivity contribution is 5.96. The van der Waals surface area contributed by atoms with Gasteiger partial charge in [-0.3, -0.25) is 14.3 Å². The van der Waals surface area contributed by atoms with Crippen LogP contribution in [0.5, 0.6) is 0 Å². The standard InChI is InChI=1S/C21H20F3N5O2/c1-12-8-17-16(11-28(12)18(30)10-25)19-20(31)27(6-7-29(19)26-17)13(2)14-4-3-5-15(9-14)21(22,23)24/h3-5,9,12-13H,6-8,11H2,1-2H3/t12-,13+/m1/s1. The fourth-order valence-electron chi connectivity index (χ4n) is 4.30. The fraction of sp³-hybridized carbons (Fsp3) is 0.429. The number of carbonyl (C=O) groups excluding carboxylic acids is 2. The van der Waals surface area contributed by atoms with Crippen LogP contribution in [0.25, 0.3) is 0 Å². The number of nitriles is 1. The summed E-state index contributed by atoms with van der Waals surface area (Å²) in [6.45, 7) is 4.33. The molecule has 0 N–H and O–H groups in total. The monoisotopic (exact) mass is 431 g/mol. The summed E-state index contributed by atoms with van der Waals surface area (Å²) in [7, 11) is 0. The van der Waals surface area contributed by atoms with Crippen molar-refractivity contribution < 1.29 is 22.8 Å². The first-order valence-corrected chi connectivity index (χ1v) is 9.89. The molecule has 1 aromatic heterocycles. The first kappa shape index (κ1) is 20.9. The quantitative estimate of drug-likeness (QED) is 0.685. The van der Waals surface area contributed by atoms with Gasteiger partial charge in [-0.1, -0.05) is 12.1 Å². The molecule has 2 aliphatic rings. The molecule has 3 heterocycles. The molecule has 2 aromatic rings. The third-order valence-electron chi connectivity index (χ3n) is 6.02. The third kappa shape index (κ3) is 3.54. The molecule has 0 saturated carbocycles. The second-order valence-corrected chi connectivity index (χ2v) is 7.89. The minimum Gasteiger partial charge on any atom is -0.329 e. The molecule has 0 spiro atoms. The second kappa shape index (κ2) is 7.41. The number of halogens is 3. The Balaban J connectivity index is 1.66. The van der Waals surface area contributed by atoms with E-state index in [4.69, 9.17) is 5.26 Å². The molecule has 31 heavy (non-hydrogen) atoms.